The van der Waals surface area contributed by atoms with Gasteiger partial charge in [-0.25, -0.2) is 9.97 Å². The Labute approximate surface area is 172 Å². The molecular formula is C24H28N4O. The number of likely N-dealkylation sites (tertiary alicyclic amines) is 1. The zero-order valence-electron chi connectivity index (χ0n) is 17.4. The molecule has 0 aliphatic carbocycles. The van der Waals surface area contributed by atoms with Crippen LogP contribution in [0, 0.1) is 0 Å². The summed E-state index contributed by atoms with van der Waals surface area (Å²) in [7, 11) is 0. The van der Waals surface area contributed by atoms with E-state index in [9.17, 15) is 4.79 Å². The van der Waals surface area contributed by atoms with Gasteiger partial charge >= 0.3 is 0 Å². The normalized spacial score (nSPS) is 18.1. The lowest BCUT2D eigenvalue weighted by atomic mass is 10.0. The lowest BCUT2D eigenvalue weighted by Gasteiger charge is -2.36. The first-order valence-corrected chi connectivity index (χ1v) is 10.4. The van der Waals surface area contributed by atoms with E-state index in [1.54, 1.807) is 13.0 Å². The van der Waals surface area contributed by atoms with E-state index in [0.717, 1.165) is 47.6 Å². The van der Waals surface area contributed by atoms with Crippen molar-refractivity contribution in [3.05, 3.63) is 54.2 Å². The first kappa shape index (κ1) is 19.5. The first-order valence-electron chi connectivity index (χ1n) is 10.4. The minimum atomic E-state index is 0.0443. The lowest BCUT2D eigenvalue weighted by Crippen LogP contribution is -2.40. The van der Waals surface area contributed by atoms with Gasteiger partial charge in [0.15, 0.2) is 11.4 Å². The van der Waals surface area contributed by atoms with Crippen LogP contribution in [0.15, 0.2) is 48.7 Å². The number of carbonyl (C=O) groups is 1. The summed E-state index contributed by atoms with van der Waals surface area (Å²) in [5, 5.41) is 0. The van der Waals surface area contributed by atoms with Gasteiger partial charge in [0.25, 0.3) is 0 Å². The van der Waals surface area contributed by atoms with E-state index in [2.05, 4.69) is 40.4 Å². The fourth-order valence-corrected chi connectivity index (χ4v) is 4.14. The maximum Gasteiger partial charge on any atom is 0.160 e. The Bertz CT molecular complexity index is 1050. The molecule has 0 radical (unpaired) electrons. The van der Waals surface area contributed by atoms with Crippen LogP contribution in [0.2, 0.25) is 0 Å². The molecule has 0 amide bonds. The average molecular weight is 389 g/mol. The maximum absolute atomic E-state index is 11.3. The van der Waals surface area contributed by atoms with E-state index >= 15 is 0 Å². The predicted octanol–water partition coefficient (Wildman–Crippen LogP) is 4.75. The number of fused-ring (bicyclic) bond motifs is 1. The molecular weight excluding hydrogens is 360 g/mol. The van der Waals surface area contributed by atoms with E-state index < -0.39 is 0 Å². The summed E-state index contributed by atoms with van der Waals surface area (Å²) in [5.41, 5.74) is 3.92. The highest BCUT2D eigenvalue weighted by Gasteiger charge is 2.27. The van der Waals surface area contributed by atoms with Gasteiger partial charge in [0.2, 0.25) is 0 Å². The van der Waals surface area contributed by atoms with Gasteiger partial charge in [-0.3, -0.25) is 9.69 Å². The maximum atomic E-state index is 11.3. The van der Waals surface area contributed by atoms with Gasteiger partial charge in [-0.15, -0.1) is 0 Å². The third-order valence-corrected chi connectivity index (χ3v) is 5.63. The van der Waals surface area contributed by atoms with Gasteiger partial charge in [-0.05, 0) is 70.0 Å². The number of carbonyl (C=O) groups excluding carboxylic acids is 1. The summed E-state index contributed by atoms with van der Waals surface area (Å²) in [5.74, 6) is 0.996. The SMILES string of the molecule is CC(=O)/C=C/c1cccc(-c2nc3cccnc3n2[C@@H]2CCCN(C(C)C)C2)c1. The first-order chi connectivity index (χ1) is 14.0. The van der Waals surface area contributed by atoms with E-state index in [4.69, 9.17) is 4.98 Å². The van der Waals surface area contributed by atoms with Crippen molar-refractivity contribution in [1.29, 1.82) is 0 Å². The Morgan fingerprint density at radius 3 is 2.90 bits per heavy atom. The Hall–Kier alpha value is -2.79. The number of hydrogen-bond donors (Lipinski definition) is 0. The van der Waals surface area contributed by atoms with Crippen LogP contribution in [-0.2, 0) is 4.79 Å². The molecule has 1 aromatic carbocycles. The number of ketones is 1. The largest absolute Gasteiger partial charge is 0.304 e. The van der Waals surface area contributed by atoms with Crippen molar-refractivity contribution >= 4 is 23.0 Å². The second-order valence-corrected chi connectivity index (χ2v) is 8.11. The Balaban J connectivity index is 1.80. The molecule has 4 rings (SSSR count). The highest BCUT2D eigenvalue weighted by molar-refractivity contribution is 5.91. The van der Waals surface area contributed by atoms with Crippen molar-refractivity contribution in [2.24, 2.45) is 0 Å². The van der Waals surface area contributed by atoms with Crippen LogP contribution in [0.1, 0.15) is 45.2 Å². The van der Waals surface area contributed by atoms with Gasteiger partial charge in [0.1, 0.15) is 11.3 Å². The van der Waals surface area contributed by atoms with Crippen LogP contribution in [0.4, 0.5) is 0 Å². The number of piperidine rings is 1. The molecule has 0 N–H and O–H groups in total. The molecule has 0 bridgehead atoms. The standard InChI is InChI=1S/C24H28N4O/c1-17(2)27-14-6-9-21(16-27)28-23(26-22-10-5-13-25-24(22)28)20-8-4-7-19(15-20)12-11-18(3)29/h4-5,7-8,10-13,15,17,21H,6,9,14,16H2,1-3H3/b12-11+/t21-/m1/s1. The Kier molecular flexibility index (Phi) is 5.58. The monoisotopic (exact) mass is 388 g/mol. The summed E-state index contributed by atoms with van der Waals surface area (Å²) < 4.78 is 2.33. The molecule has 29 heavy (non-hydrogen) atoms. The number of benzene rings is 1. The molecule has 1 atom stereocenters. The number of pyridine rings is 1. The molecule has 2 aromatic heterocycles. The molecule has 0 spiro atoms. The molecule has 0 unspecified atom stereocenters. The molecule has 5 nitrogen and oxygen atoms in total. The topological polar surface area (TPSA) is 51.0 Å². The van der Waals surface area contributed by atoms with Crippen LogP contribution in [-0.4, -0.2) is 44.3 Å². The minimum absolute atomic E-state index is 0.0443. The zero-order chi connectivity index (χ0) is 20.4. The van der Waals surface area contributed by atoms with Crippen LogP contribution < -0.4 is 0 Å². The van der Waals surface area contributed by atoms with Crippen LogP contribution in [0.25, 0.3) is 28.6 Å². The van der Waals surface area contributed by atoms with Crippen molar-refractivity contribution in [3.63, 3.8) is 0 Å². The fourth-order valence-electron chi connectivity index (χ4n) is 4.14. The number of nitrogens with zero attached hydrogens (tertiary/aromatic N) is 4. The van der Waals surface area contributed by atoms with Crippen molar-refractivity contribution in [2.75, 3.05) is 13.1 Å². The summed E-state index contributed by atoms with van der Waals surface area (Å²) in [6.07, 6.45) is 7.61. The molecule has 1 fully saturated rings. The Morgan fingerprint density at radius 2 is 2.10 bits per heavy atom. The highest BCUT2D eigenvalue weighted by Crippen LogP contribution is 2.32. The fraction of sp³-hybridized carbons (Fsp3) is 0.375. The second-order valence-electron chi connectivity index (χ2n) is 8.11. The smallest absolute Gasteiger partial charge is 0.160 e. The molecule has 1 aliphatic heterocycles. The van der Waals surface area contributed by atoms with Gasteiger partial charge < -0.3 is 4.57 Å². The number of rotatable bonds is 5. The molecule has 1 aliphatic rings. The molecule has 1 saturated heterocycles. The van der Waals surface area contributed by atoms with E-state index in [0.29, 0.717) is 12.1 Å². The van der Waals surface area contributed by atoms with E-state index in [-0.39, 0.29) is 5.78 Å². The zero-order valence-corrected chi connectivity index (χ0v) is 17.4. The third kappa shape index (κ3) is 4.15. The molecule has 5 heteroatoms. The van der Waals surface area contributed by atoms with Gasteiger partial charge in [-0.2, -0.15) is 0 Å². The quantitative estimate of drug-likeness (QED) is 0.592. The number of imidazole rings is 1. The van der Waals surface area contributed by atoms with Gasteiger partial charge in [-0.1, -0.05) is 24.3 Å². The molecule has 3 aromatic rings. The van der Waals surface area contributed by atoms with Crippen molar-refractivity contribution in [3.8, 4) is 11.4 Å². The highest BCUT2D eigenvalue weighted by atomic mass is 16.1. The number of allylic oxidation sites excluding steroid dienone is 1. The Morgan fingerprint density at radius 1 is 1.24 bits per heavy atom. The minimum Gasteiger partial charge on any atom is -0.304 e. The van der Waals surface area contributed by atoms with E-state index in [1.165, 1.54) is 6.42 Å². The predicted molar refractivity (Wildman–Crippen MR) is 118 cm³/mol. The third-order valence-electron chi connectivity index (χ3n) is 5.63. The van der Waals surface area contributed by atoms with E-state index in [1.807, 2.05) is 36.5 Å². The van der Waals surface area contributed by atoms with Crippen molar-refractivity contribution < 1.29 is 4.79 Å². The molecule has 3 heterocycles. The van der Waals surface area contributed by atoms with Gasteiger partial charge in [0.05, 0.1) is 0 Å². The molecule has 150 valence electrons. The average Bonchev–Trinajstić information content (AvgIpc) is 3.12. The summed E-state index contributed by atoms with van der Waals surface area (Å²) in [4.78, 5) is 23.5. The van der Waals surface area contributed by atoms with Crippen molar-refractivity contribution in [1.82, 2.24) is 19.4 Å². The van der Waals surface area contributed by atoms with Crippen LogP contribution in [0.3, 0.4) is 0 Å². The van der Waals surface area contributed by atoms with Crippen LogP contribution in [0.5, 0.6) is 0 Å². The molecule has 0 saturated carbocycles. The summed E-state index contributed by atoms with van der Waals surface area (Å²) in [6, 6.07) is 13.1. The number of hydrogen-bond acceptors (Lipinski definition) is 4. The van der Waals surface area contributed by atoms with Gasteiger partial charge in [0, 0.05) is 30.4 Å². The summed E-state index contributed by atoms with van der Waals surface area (Å²) >= 11 is 0. The lowest BCUT2D eigenvalue weighted by molar-refractivity contribution is -0.112. The summed E-state index contributed by atoms with van der Waals surface area (Å²) in [6.45, 7) is 8.25. The number of aromatic nitrogens is 3. The van der Waals surface area contributed by atoms with Crippen molar-refractivity contribution in [2.45, 2.75) is 45.7 Å². The van der Waals surface area contributed by atoms with Crippen LogP contribution >= 0.6 is 0 Å². The second kappa shape index (κ2) is 8.29.